The first-order valence-corrected chi connectivity index (χ1v) is 8.24. The van der Waals surface area contributed by atoms with E-state index in [1.807, 2.05) is 44.2 Å². The van der Waals surface area contributed by atoms with Crippen molar-refractivity contribution in [3.8, 4) is 0 Å². The lowest BCUT2D eigenvalue weighted by atomic mass is 10.2. The molecule has 5 heteroatoms. The number of nitrogens with one attached hydrogen (secondary N) is 1. The third-order valence-corrected chi connectivity index (χ3v) is 3.62. The maximum Gasteiger partial charge on any atom is 0.272 e. The predicted octanol–water partition coefficient (Wildman–Crippen LogP) is 2.88. The second-order valence-corrected chi connectivity index (χ2v) is 5.47. The SMILES string of the molecule is CCCNC(=O)c1cccc(C(=O)N(CC)Cc2ccccc2)n1. The van der Waals surface area contributed by atoms with Gasteiger partial charge in [0.15, 0.2) is 0 Å². The number of carbonyl (C=O) groups excluding carboxylic acids is 2. The second-order valence-electron chi connectivity index (χ2n) is 5.47. The molecule has 0 aliphatic heterocycles. The van der Waals surface area contributed by atoms with Crippen LogP contribution in [0.3, 0.4) is 0 Å². The van der Waals surface area contributed by atoms with Crippen LogP contribution in [0.5, 0.6) is 0 Å². The van der Waals surface area contributed by atoms with Crippen molar-refractivity contribution in [2.75, 3.05) is 13.1 Å². The number of hydrogen-bond acceptors (Lipinski definition) is 3. The number of benzene rings is 1. The first-order valence-electron chi connectivity index (χ1n) is 8.24. The van der Waals surface area contributed by atoms with E-state index in [9.17, 15) is 9.59 Å². The molecule has 24 heavy (non-hydrogen) atoms. The summed E-state index contributed by atoms with van der Waals surface area (Å²) < 4.78 is 0. The monoisotopic (exact) mass is 325 g/mol. The van der Waals surface area contributed by atoms with Crippen LogP contribution in [0.25, 0.3) is 0 Å². The van der Waals surface area contributed by atoms with E-state index in [4.69, 9.17) is 0 Å². The van der Waals surface area contributed by atoms with Crippen molar-refractivity contribution in [3.63, 3.8) is 0 Å². The Kier molecular flexibility index (Phi) is 6.49. The molecule has 0 radical (unpaired) electrons. The number of amides is 2. The van der Waals surface area contributed by atoms with Crippen LogP contribution in [-0.4, -0.2) is 34.8 Å². The number of carbonyl (C=O) groups is 2. The highest BCUT2D eigenvalue weighted by Crippen LogP contribution is 2.09. The Morgan fingerprint density at radius 3 is 2.38 bits per heavy atom. The van der Waals surface area contributed by atoms with E-state index in [0.29, 0.717) is 19.6 Å². The minimum atomic E-state index is -0.252. The molecule has 0 aliphatic carbocycles. The second kappa shape index (κ2) is 8.82. The lowest BCUT2D eigenvalue weighted by Gasteiger charge is -2.20. The number of hydrogen-bond donors (Lipinski definition) is 1. The summed E-state index contributed by atoms with van der Waals surface area (Å²) in [5.74, 6) is -0.427. The normalized spacial score (nSPS) is 10.2. The van der Waals surface area contributed by atoms with Crippen molar-refractivity contribution < 1.29 is 9.59 Å². The highest BCUT2D eigenvalue weighted by Gasteiger charge is 2.17. The quantitative estimate of drug-likeness (QED) is 0.851. The van der Waals surface area contributed by atoms with Gasteiger partial charge in [-0.1, -0.05) is 43.3 Å². The van der Waals surface area contributed by atoms with Crippen LogP contribution >= 0.6 is 0 Å². The van der Waals surface area contributed by atoms with Crippen LogP contribution in [0.2, 0.25) is 0 Å². The molecule has 0 bridgehead atoms. The maximum atomic E-state index is 12.7. The average Bonchev–Trinajstić information content (AvgIpc) is 2.64. The van der Waals surface area contributed by atoms with Crippen molar-refractivity contribution in [1.82, 2.24) is 15.2 Å². The van der Waals surface area contributed by atoms with E-state index in [2.05, 4.69) is 10.3 Å². The van der Waals surface area contributed by atoms with Gasteiger partial charge in [0.25, 0.3) is 11.8 Å². The molecule has 2 rings (SSSR count). The van der Waals surface area contributed by atoms with Crippen molar-refractivity contribution in [2.24, 2.45) is 0 Å². The Hall–Kier alpha value is -2.69. The molecule has 0 saturated carbocycles. The lowest BCUT2D eigenvalue weighted by Crippen LogP contribution is -2.32. The molecule has 0 spiro atoms. The Balaban J connectivity index is 2.14. The molecule has 0 atom stereocenters. The number of nitrogens with zero attached hydrogens (tertiary/aromatic N) is 2. The van der Waals surface area contributed by atoms with Gasteiger partial charge in [-0.3, -0.25) is 9.59 Å². The first kappa shape index (κ1) is 17.7. The summed E-state index contributed by atoms with van der Waals surface area (Å²) in [5, 5.41) is 2.77. The van der Waals surface area contributed by atoms with Gasteiger partial charge in [-0.25, -0.2) is 4.98 Å². The topological polar surface area (TPSA) is 62.3 Å². The van der Waals surface area contributed by atoms with Crippen LogP contribution in [0, 0.1) is 0 Å². The smallest absolute Gasteiger partial charge is 0.272 e. The Labute approximate surface area is 142 Å². The molecule has 126 valence electrons. The fraction of sp³-hybridized carbons (Fsp3) is 0.316. The minimum absolute atomic E-state index is 0.175. The summed E-state index contributed by atoms with van der Waals surface area (Å²) in [6.45, 7) is 5.59. The van der Waals surface area contributed by atoms with Gasteiger partial charge >= 0.3 is 0 Å². The molecule has 0 aliphatic rings. The van der Waals surface area contributed by atoms with Gasteiger partial charge in [0, 0.05) is 19.6 Å². The highest BCUT2D eigenvalue weighted by molar-refractivity contribution is 5.96. The van der Waals surface area contributed by atoms with Gasteiger partial charge in [0.1, 0.15) is 11.4 Å². The van der Waals surface area contributed by atoms with E-state index >= 15 is 0 Å². The summed E-state index contributed by atoms with van der Waals surface area (Å²) in [6.07, 6.45) is 0.852. The third-order valence-electron chi connectivity index (χ3n) is 3.62. The van der Waals surface area contributed by atoms with Gasteiger partial charge < -0.3 is 10.2 Å². The molecule has 1 aromatic carbocycles. The molecule has 5 nitrogen and oxygen atoms in total. The van der Waals surface area contributed by atoms with Crippen LogP contribution in [0.1, 0.15) is 46.8 Å². The van der Waals surface area contributed by atoms with E-state index in [-0.39, 0.29) is 23.2 Å². The zero-order valence-corrected chi connectivity index (χ0v) is 14.2. The number of aromatic nitrogens is 1. The molecular formula is C19H23N3O2. The molecular weight excluding hydrogens is 302 g/mol. The predicted molar refractivity (Wildman–Crippen MR) is 93.7 cm³/mol. The zero-order chi connectivity index (χ0) is 17.4. The molecule has 1 heterocycles. The third kappa shape index (κ3) is 4.65. The van der Waals surface area contributed by atoms with Gasteiger partial charge in [0.05, 0.1) is 0 Å². The Morgan fingerprint density at radius 1 is 1.00 bits per heavy atom. The Bertz CT molecular complexity index is 686. The summed E-state index contributed by atoms with van der Waals surface area (Å²) in [4.78, 5) is 30.7. The molecule has 0 saturated heterocycles. The fourth-order valence-electron chi connectivity index (χ4n) is 2.30. The zero-order valence-electron chi connectivity index (χ0n) is 14.2. The van der Waals surface area contributed by atoms with Crippen molar-refractivity contribution >= 4 is 11.8 Å². The van der Waals surface area contributed by atoms with Gasteiger partial charge in [-0.2, -0.15) is 0 Å². The van der Waals surface area contributed by atoms with Gasteiger partial charge in [-0.05, 0) is 31.0 Å². The van der Waals surface area contributed by atoms with Crippen LogP contribution < -0.4 is 5.32 Å². The van der Waals surface area contributed by atoms with Crippen LogP contribution in [-0.2, 0) is 6.54 Å². The molecule has 1 N–H and O–H groups in total. The largest absolute Gasteiger partial charge is 0.351 e. The molecule has 1 aromatic heterocycles. The molecule has 0 unspecified atom stereocenters. The maximum absolute atomic E-state index is 12.7. The standard InChI is InChI=1S/C19H23N3O2/c1-3-13-20-18(23)16-11-8-12-17(21-16)19(24)22(4-2)14-15-9-6-5-7-10-15/h5-12H,3-4,13-14H2,1-2H3,(H,20,23). The summed E-state index contributed by atoms with van der Waals surface area (Å²) in [5.41, 5.74) is 1.62. The fourth-order valence-corrected chi connectivity index (χ4v) is 2.30. The average molecular weight is 325 g/mol. The van der Waals surface area contributed by atoms with E-state index in [1.54, 1.807) is 23.1 Å². The van der Waals surface area contributed by atoms with Crippen LogP contribution in [0.15, 0.2) is 48.5 Å². The van der Waals surface area contributed by atoms with Gasteiger partial charge in [-0.15, -0.1) is 0 Å². The minimum Gasteiger partial charge on any atom is -0.351 e. The Morgan fingerprint density at radius 2 is 1.71 bits per heavy atom. The first-order chi connectivity index (χ1) is 11.7. The van der Waals surface area contributed by atoms with E-state index in [1.165, 1.54) is 0 Å². The summed E-state index contributed by atoms with van der Waals surface area (Å²) in [6, 6.07) is 14.8. The van der Waals surface area contributed by atoms with E-state index in [0.717, 1.165) is 12.0 Å². The van der Waals surface area contributed by atoms with Crippen molar-refractivity contribution in [2.45, 2.75) is 26.8 Å². The number of rotatable bonds is 7. The van der Waals surface area contributed by atoms with Crippen LogP contribution in [0.4, 0.5) is 0 Å². The van der Waals surface area contributed by atoms with E-state index < -0.39 is 0 Å². The summed E-state index contributed by atoms with van der Waals surface area (Å²) in [7, 11) is 0. The number of pyridine rings is 1. The van der Waals surface area contributed by atoms with Crippen molar-refractivity contribution in [3.05, 3.63) is 65.5 Å². The summed E-state index contributed by atoms with van der Waals surface area (Å²) >= 11 is 0. The molecule has 2 aromatic rings. The molecule has 0 fully saturated rings. The lowest BCUT2D eigenvalue weighted by molar-refractivity contribution is 0.0746. The van der Waals surface area contributed by atoms with Crippen molar-refractivity contribution in [1.29, 1.82) is 0 Å². The highest BCUT2D eigenvalue weighted by atomic mass is 16.2. The van der Waals surface area contributed by atoms with Gasteiger partial charge in [0.2, 0.25) is 0 Å². The molecule has 2 amide bonds.